The highest BCUT2D eigenvalue weighted by Crippen LogP contribution is 1.97. The van der Waals surface area contributed by atoms with E-state index in [0.29, 0.717) is 52.6 Å². The molecule has 8 nitrogen and oxygen atoms in total. The first-order chi connectivity index (χ1) is 12.7. The van der Waals surface area contributed by atoms with Crippen molar-refractivity contribution in [2.75, 3.05) is 67.0 Å². The number of amides is 1. The van der Waals surface area contributed by atoms with Crippen molar-refractivity contribution in [1.82, 2.24) is 10.6 Å². The van der Waals surface area contributed by atoms with E-state index in [0.717, 1.165) is 38.7 Å². The molecular weight excluding hydrogens is 340 g/mol. The van der Waals surface area contributed by atoms with Crippen LogP contribution in [0.15, 0.2) is 0 Å². The molecule has 0 spiro atoms. The number of methoxy groups -OCH3 is 1. The van der Waals surface area contributed by atoms with E-state index in [1.807, 2.05) is 0 Å². The Bertz CT molecular complexity index is 307. The van der Waals surface area contributed by atoms with Gasteiger partial charge in [-0.1, -0.05) is 0 Å². The summed E-state index contributed by atoms with van der Waals surface area (Å²) in [6, 6.07) is 0. The Morgan fingerprint density at radius 1 is 0.885 bits per heavy atom. The van der Waals surface area contributed by atoms with Crippen LogP contribution in [0.25, 0.3) is 0 Å². The zero-order chi connectivity index (χ0) is 19.3. The minimum absolute atomic E-state index is 0.00797. The predicted molar refractivity (Wildman–Crippen MR) is 100 cm³/mol. The summed E-state index contributed by atoms with van der Waals surface area (Å²) in [6.07, 6.45) is 4.64. The fourth-order valence-corrected chi connectivity index (χ4v) is 2.03. The van der Waals surface area contributed by atoms with E-state index in [9.17, 15) is 9.90 Å². The molecular formula is C18H38N2O6. The highest BCUT2D eigenvalue weighted by atomic mass is 16.5. The van der Waals surface area contributed by atoms with E-state index < -0.39 is 6.23 Å². The van der Waals surface area contributed by atoms with Crippen molar-refractivity contribution in [2.24, 2.45) is 0 Å². The molecule has 3 N–H and O–H groups in total. The van der Waals surface area contributed by atoms with E-state index in [1.54, 1.807) is 14.2 Å². The Labute approximate surface area is 157 Å². The van der Waals surface area contributed by atoms with Crippen LogP contribution in [0.1, 0.15) is 38.5 Å². The molecule has 0 radical (unpaired) electrons. The minimum atomic E-state index is -0.596. The predicted octanol–water partition coefficient (Wildman–Crippen LogP) is 0.677. The number of aliphatic hydroxyl groups is 1. The van der Waals surface area contributed by atoms with Gasteiger partial charge in [0.2, 0.25) is 5.91 Å². The number of aliphatic hydroxyl groups excluding tert-OH is 1. The summed E-state index contributed by atoms with van der Waals surface area (Å²) < 4.78 is 21.1. The first-order valence-electron chi connectivity index (χ1n) is 9.55. The van der Waals surface area contributed by atoms with Crippen molar-refractivity contribution in [2.45, 2.75) is 44.8 Å². The highest BCUT2D eigenvalue weighted by Gasteiger charge is 2.01. The monoisotopic (exact) mass is 378 g/mol. The number of carbonyl (C=O) groups excluding carboxylic acids is 1. The standard InChI is InChI=1S/C18H38N2O6/c1-19-18(22)16-26-13-5-3-4-11-25-15-9-20-17(21)8-14-24-12-7-6-10-23-2/h18-19,22H,3-16H2,1-2H3,(H,20,21). The molecule has 1 atom stereocenters. The lowest BCUT2D eigenvalue weighted by atomic mass is 10.2. The summed E-state index contributed by atoms with van der Waals surface area (Å²) >= 11 is 0. The van der Waals surface area contributed by atoms with Crippen molar-refractivity contribution in [3.63, 3.8) is 0 Å². The van der Waals surface area contributed by atoms with Gasteiger partial charge in [-0.25, -0.2) is 0 Å². The van der Waals surface area contributed by atoms with Crippen LogP contribution in [0, 0.1) is 0 Å². The van der Waals surface area contributed by atoms with Gasteiger partial charge < -0.3 is 29.4 Å². The molecule has 0 aromatic carbocycles. The molecule has 0 bridgehead atoms. The highest BCUT2D eigenvalue weighted by molar-refractivity contribution is 5.75. The molecule has 0 aliphatic rings. The van der Waals surface area contributed by atoms with Crippen molar-refractivity contribution in [3.8, 4) is 0 Å². The number of ether oxygens (including phenoxy) is 4. The summed E-state index contributed by atoms with van der Waals surface area (Å²) in [4.78, 5) is 11.6. The third-order valence-electron chi connectivity index (χ3n) is 3.62. The molecule has 0 fully saturated rings. The third-order valence-corrected chi connectivity index (χ3v) is 3.62. The van der Waals surface area contributed by atoms with Gasteiger partial charge in [-0.05, 0) is 39.2 Å². The average Bonchev–Trinajstić information content (AvgIpc) is 2.65. The van der Waals surface area contributed by atoms with Gasteiger partial charge in [0.1, 0.15) is 6.23 Å². The van der Waals surface area contributed by atoms with Crippen molar-refractivity contribution < 1.29 is 28.8 Å². The number of hydrogen-bond donors (Lipinski definition) is 3. The summed E-state index contributed by atoms with van der Waals surface area (Å²) in [5, 5.41) is 14.7. The van der Waals surface area contributed by atoms with Gasteiger partial charge in [0.25, 0.3) is 0 Å². The van der Waals surface area contributed by atoms with Crippen LogP contribution in [0.5, 0.6) is 0 Å². The van der Waals surface area contributed by atoms with Gasteiger partial charge in [0, 0.05) is 46.5 Å². The van der Waals surface area contributed by atoms with E-state index >= 15 is 0 Å². The zero-order valence-corrected chi connectivity index (χ0v) is 16.5. The summed E-state index contributed by atoms with van der Waals surface area (Å²) in [7, 11) is 3.37. The molecule has 8 heteroatoms. The maximum Gasteiger partial charge on any atom is 0.222 e. The Balaban J connectivity index is 3.16. The fraction of sp³-hybridized carbons (Fsp3) is 0.944. The van der Waals surface area contributed by atoms with Crippen LogP contribution < -0.4 is 10.6 Å². The average molecular weight is 379 g/mol. The van der Waals surface area contributed by atoms with Crippen LogP contribution in [0.4, 0.5) is 0 Å². The lowest BCUT2D eigenvalue weighted by Crippen LogP contribution is -2.29. The second-order valence-electron chi connectivity index (χ2n) is 5.96. The molecule has 0 aliphatic heterocycles. The van der Waals surface area contributed by atoms with Crippen molar-refractivity contribution in [3.05, 3.63) is 0 Å². The molecule has 1 unspecified atom stereocenters. The summed E-state index contributed by atoms with van der Waals surface area (Å²) in [5.74, 6) is -0.00797. The number of hydrogen-bond acceptors (Lipinski definition) is 7. The number of carbonyl (C=O) groups is 1. The molecule has 0 saturated carbocycles. The second kappa shape index (κ2) is 20.5. The Hall–Kier alpha value is -0.770. The van der Waals surface area contributed by atoms with Gasteiger partial charge >= 0.3 is 0 Å². The molecule has 26 heavy (non-hydrogen) atoms. The van der Waals surface area contributed by atoms with E-state index in [4.69, 9.17) is 18.9 Å². The SMILES string of the molecule is CNC(O)COCCCCCOCCNC(=O)CCOCCCCOC. The third kappa shape index (κ3) is 19.6. The lowest BCUT2D eigenvalue weighted by molar-refractivity contribution is -0.122. The lowest BCUT2D eigenvalue weighted by Gasteiger charge is -2.09. The number of rotatable bonds is 20. The molecule has 0 heterocycles. The number of unbranched alkanes of at least 4 members (excludes halogenated alkanes) is 3. The zero-order valence-electron chi connectivity index (χ0n) is 16.5. The first-order valence-corrected chi connectivity index (χ1v) is 9.55. The topological polar surface area (TPSA) is 98.3 Å². The van der Waals surface area contributed by atoms with E-state index in [1.165, 1.54) is 0 Å². The van der Waals surface area contributed by atoms with Gasteiger partial charge in [-0.15, -0.1) is 0 Å². The normalized spacial score (nSPS) is 12.3. The number of likely N-dealkylation sites (N-methyl/N-ethyl adjacent to an activating group) is 1. The first kappa shape index (κ1) is 25.2. The molecule has 0 rings (SSSR count). The Morgan fingerprint density at radius 3 is 2.19 bits per heavy atom. The smallest absolute Gasteiger partial charge is 0.222 e. The van der Waals surface area contributed by atoms with E-state index in [-0.39, 0.29) is 5.91 Å². The molecule has 0 aromatic heterocycles. The maximum absolute atomic E-state index is 11.6. The summed E-state index contributed by atoms with van der Waals surface area (Å²) in [5.41, 5.74) is 0. The van der Waals surface area contributed by atoms with Gasteiger partial charge in [0.15, 0.2) is 0 Å². The summed E-state index contributed by atoms with van der Waals surface area (Å²) in [6.45, 7) is 4.55. The van der Waals surface area contributed by atoms with Gasteiger partial charge in [-0.3, -0.25) is 10.1 Å². The maximum atomic E-state index is 11.6. The van der Waals surface area contributed by atoms with Crippen molar-refractivity contribution >= 4 is 5.91 Å². The Kier molecular flexibility index (Phi) is 19.9. The quantitative estimate of drug-likeness (QED) is 0.212. The van der Waals surface area contributed by atoms with Crippen LogP contribution in [0.2, 0.25) is 0 Å². The fourth-order valence-electron chi connectivity index (χ4n) is 2.03. The van der Waals surface area contributed by atoms with Gasteiger partial charge in [-0.2, -0.15) is 0 Å². The molecule has 0 aromatic rings. The second-order valence-corrected chi connectivity index (χ2v) is 5.96. The number of nitrogens with one attached hydrogen (secondary N) is 2. The minimum Gasteiger partial charge on any atom is -0.385 e. The molecule has 156 valence electrons. The molecule has 0 saturated heterocycles. The van der Waals surface area contributed by atoms with Crippen LogP contribution in [-0.2, 0) is 23.7 Å². The van der Waals surface area contributed by atoms with Crippen LogP contribution in [0.3, 0.4) is 0 Å². The molecule has 1 amide bonds. The van der Waals surface area contributed by atoms with Crippen LogP contribution >= 0.6 is 0 Å². The Morgan fingerprint density at radius 2 is 1.50 bits per heavy atom. The molecule has 0 aliphatic carbocycles. The largest absolute Gasteiger partial charge is 0.385 e. The van der Waals surface area contributed by atoms with Gasteiger partial charge in [0.05, 0.1) is 19.8 Å². The van der Waals surface area contributed by atoms with Crippen molar-refractivity contribution in [1.29, 1.82) is 0 Å². The van der Waals surface area contributed by atoms with E-state index in [2.05, 4.69) is 10.6 Å². The van der Waals surface area contributed by atoms with Crippen LogP contribution in [-0.4, -0.2) is 84.2 Å².